The third-order valence-electron chi connectivity index (χ3n) is 4.71. The van der Waals surface area contributed by atoms with Gasteiger partial charge in [0.2, 0.25) is 0 Å². The molecule has 0 bridgehead atoms. The zero-order valence-corrected chi connectivity index (χ0v) is 13.4. The molecule has 0 amide bonds. The molecule has 0 unspecified atom stereocenters. The van der Waals surface area contributed by atoms with Crippen molar-refractivity contribution in [3.05, 3.63) is 29.3 Å². The second kappa shape index (κ2) is 7.48. The average molecular weight is 309 g/mol. The summed E-state index contributed by atoms with van der Waals surface area (Å²) in [7, 11) is 0. The van der Waals surface area contributed by atoms with E-state index in [9.17, 15) is 0 Å². The Morgan fingerprint density at radius 2 is 1.76 bits per heavy atom. The first kappa shape index (κ1) is 15.1. The Bertz CT molecular complexity index is 442. The van der Waals surface area contributed by atoms with Crippen LogP contribution in [0.2, 0.25) is 5.02 Å². The highest BCUT2D eigenvalue weighted by molar-refractivity contribution is 6.32. The van der Waals surface area contributed by atoms with E-state index in [4.69, 9.17) is 16.3 Å². The molecule has 4 heteroatoms. The predicted molar refractivity (Wildman–Crippen MR) is 87.2 cm³/mol. The molecular weight excluding hydrogens is 284 g/mol. The first-order valence-corrected chi connectivity index (χ1v) is 8.51. The second-order valence-corrected chi connectivity index (χ2v) is 6.63. The van der Waals surface area contributed by atoms with Crippen molar-refractivity contribution in [2.24, 2.45) is 5.92 Å². The topological polar surface area (TPSA) is 15.7 Å². The fraction of sp³-hybridized carbons (Fsp3) is 0.647. The summed E-state index contributed by atoms with van der Waals surface area (Å²) in [6.45, 7) is 7.78. The van der Waals surface area contributed by atoms with Crippen molar-refractivity contribution in [1.29, 1.82) is 0 Å². The van der Waals surface area contributed by atoms with Crippen LogP contribution in [-0.2, 0) is 0 Å². The van der Waals surface area contributed by atoms with E-state index in [0.717, 1.165) is 18.2 Å². The molecule has 116 valence electrons. The van der Waals surface area contributed by atoms with Gasteiger partial charge in [-0.25, -0.2) is 0 Å². The maximum atomic E-state index is 6.09. The lowest BCUT2D eigenvalue weighted by Crippen LogP contribution is -2.49. The van der Waals surface area contributed by atoms with E-state index in [1.807, 2.05) is 24.3 Å². The van der Waals surface area contributed by atoms with Crippen LogP contribution in [0.15, 0.2) is 24.3 Å². The monoisotopic (exact) mass is 308 g/mol. The first-order valence-electron chi connectivity index (χ1n) is 8.13. The molecular formula is C17H25ClN2O. The molecule has 1 aliphatic heterocycles. The third kappa shape index (κ3) is 4.35. The lowest BCUT2D eigenvalue weighted by molar-refractivity contribution is 0.0914. The van der Waals surface area contributed by atoms with E-state index < -0.39 is 0 Å². The van der Waals surface area contributed by atoms with Gasteiger partial charge in [0.1, 0.15) is 12.4 Å². The summed E-state index contributed by atoms with van der Waals surface area (Å²) in [5, 5.41) is 0.697. The number of nitrogens with zero attached hydrogens (tertiary/aromatic N) is 2. The normalized spacial score (nSPS) is 21.2. The zero-order chi connectivity index (χ0) is 14.5. The molecule has 1 saturated carbocycles. The number of halogens is 1. The van der Waals surface area contributed by atoms with Gasteiger partial charge in [0.05, 0.1) is 5.02 Å². The molecule has 0 spiro atoms. The minimum Gasteiger partial charge on any atom is -0.491 e. The molecule has 2 fully saturated rings. The van der Waals surface area contributed by atoms with E-state index in [0.29, 0.717) is 11.6 Å². The number of ether oxygens (including phenoxy) is 1. The number of rotatable bonds is 6. The van der Waals surface area contributed by atoms with Crippen molar-refractivity contribution in [3.63, 3.8) is 0 Å². The average Bonchev–Trinajstić information content (AvgIpc) is 2.46. The minimum absolute atomic E-state index is 0.697. The third-order valence-corrected chi connectivity index (χ3v) is 5.02. The summed E-state index contributed by atoms with van der Waals surface area (Å²) in [6.07, 6.45) is 4.35. The van der Waals surface area contributed by atoms with Gasteiger partial charge in [-0.05, 0) is 30.9 Å². The molecule has 0 radical (unpaired) electrons. The second-order valence-electron chi connectivity index (χ2n) is 6.22. The number of hydrogen-bond acceptors (Lipinski definition) is 3. The van der Waals surface area contributed by atoms with E-state index in [-0.39, 0.29) is 0 Å². The Labute approximate surface area is 132 Å². The fourth-order valence-electron chi connectivity index (χ4n) is 3.08. The van der Waals surface area contributed by atoms with Crippen LogP contribution in [0.5, 0.6) is 5.75 Å². The summed E-state index contributed by atoms with van der Waals surface area (Å²) in [5.74, 6) is 1.78. The lowest BCUT2D eigenvalue weighted by Gasteiger charge is -2.38. The summed E-state index contributed by atoms with van der Waals surface area (Å²) < 4.78 is 5.77. The Kier molecular flexibility index (Phi) is 5.39. The molecule has 3 rings (SSSR count). The van der Waals surface area contributed by atoms with Gasteiger partial charge in [0.15, 0.2) is 0 Å². The van der Waals surface area contributed by atoms with Gasteiger partial charge in [-0.3, -0.25) is 4.90 Å². The van der Waals surface area contributed by atoms with Gasteiger partial charge in [-0.15, -0.1) is 0 Å². The van der Waals surface area contributed by atoms with Gasteiger partial charge in [0, 0.05) is 39.3 Å². The number of benzene rings is 1. The molecule has 0 atom stereocenters. The maximum absolute atomic E-state index is 6.09. The van der Waals surface area contributed by atoms with Crippen molar-refractivity contribution >= 4 is 11.6 Å². The van der Waals surface area contributed by atoms with Crippen molar-refractivity contribution < 1.29 is 4.74 Å². The molecule has 1 aliphatic carbocycles. The van der Waals surface area contributed by atoms with Crippen LogP contribution < -0.4 is 4.74 Å². The molecule has 3 nitrogen and oxygen atoms in total. The summed E-state index contributed by atoms with van der Waals surface area (Å²) in [4.78, 5) is 5.13. The summed E-state index contributed by atoms with van der Waals surface area (Å²) in [6, 6.07) is 7.69. The molecule has 0 aromatic heterocycles. The first-order chi connectivity index (χ1) is 10.3. The van der Waals surface area contributed by atoms with Gasteiger partial charge in [-0.1, -0.05) is 30.2 Å². The number of piperazine rings is 1. The Balaban J connectivity index is 1.33. The van der Waals surface area contributed by atoms with Gasteiger partial charge in [0.25, 0.3) is 0 Å². The Hall–Kier alpha value is -0.770. The van der Waals surface area contributed by atoms with Crippen molar-refractivity contribution in [2.75, 3.05) is 45.9 Å². The smallest absolute Gasteiger partial charge is 0.137 e. The Morgan fingerprint density at radius 3 is 2.43 bits per heavy atom. The van der Waals surface area contributed by atoms with E-state index >= 15 is 0 Å². The molecule has 1 aromatic carbocycles. The van der Waals surface area contributed by atoms with E-state index in [1.165, 1.54) is 52.0 Å². The fourth-order valence-corrected chi connectivity index (χ4v) is 3.27. The predicted octanol–water partition coefficient (Wildman–Crippen LogP) is 3.14. The molecule has 1 aromatic rings. The number of hydrogen-bond donors (Lipinski definition) is 0. The Morgan fingerprint density at radius 1 is 1.05 bits per heavy atom. The molecule has 1 heterocycles. The van der Waals surface area contributed by atoms with Crippen LogP contribution in [0.3, 0.4) is 0 Å². The van der Waals surface area contributed by atoms with Gasteiger partial charge < -0.3 is 9.64 Å². The number of para-hydroxylation sites is 1. The molecule has 21 heavy (non-hydrogen) atoms. The summed E-state index contributed by atoms with van der Waals surface area (Å²) in [5.41, 5.74) is 0. The SMILES string of the molecule is Clc1ccccc1OCCN1CCN(CC2CCC2)CC1. The van der Waals surface area contributed by atoms with Crippen molar-refractivity contribution in [2.45, 2.75) is 19.3 Å². The maximum Gasteiger partial charge on any atom is 0.137 e. The van der Waals surface area contributed by atoms with E-state index in [2.05, 4.69) is 9.80 Å². The van der Waals surface area contributed by atoms with Gasteiger partial charge >= 0.3 is 0 Å². The zero-order valence-electron chi connectivity index (χ0n) is 12.6. The molecule has 0 N–H and O–H groups in total. The standard InChI is InChI=1S/C17H25ClN2O/c18-16-6-1-2-7-17(16)21-13-12-19-8-10-20(11-9-19)14-15-4-3-5-15/h1-2,6-7,15H,3-5,8-14H2. The lowest BCUT2D eigenvalue weighted by atomic mass is 9.85. The highest BCUT2D eigenvalue weighted by Gasteiger charge is 2.23. The van der Waals surface area contributed by atoms with Crippen molar-refractivity contribution in [3.8, 4) is 5.75 Å². The highest BCUT2D eigenvalue weighted by Crippen LogP contribution is 2.27. The van der Waals surface area contributed by atoms with E-state index in [1.54, 1.807) is 0 Å². The van der Waals surface area contributed by atoms with Crippen LogP contribution in [0.4, 0.5) is 0 Å². The van der Waals surface area contributed by atoms with Crippen molar-refractivity contribution in [1.82, 2.24) is 9.80 Å². The van der Waals surface area contributed by atoms with Crippen LogP contribution in [0, 0.1) is 5.92 Å². The minimum atomic E-state index is 0.697. The molecule has 2 aliphatic rings. The highest BCUT2D eigenvalue weighted by atomic mass is 35.5. The summed E-state index contributed by atoms with van der Waals surface area (Å²) >= 11 is 6.09. The van der Waals surface area contributed by atoms with Crippen LogP contribution >= 0.6 is 11.6 Å². The van der Waals surface area contributed by atoms with Crippen LogP contribution in [0.1, 0.15) is 19.3 Å². The van der Waals surface area contributed by atoms with Gasteiger partial charge in [-0.2, -0.15) is 0 Å². The van der Waals surface area contributed by atoms with Crippen LogP contribution in [-0.4, -0.2) is 55.7 Å². The molecule has 1 saturated heterocycles. The van der Waals surface area contributed by atoms with Crippen LogP contribution in [0.25, 0.3) is 0 Å². The quantitative estimate of drug-likeness (QED) is 0.803. The largest absolute Gasteiger partial charge is 0.491 e.